The summed E-state index contributed by atoms with van der Waals surface area (Å²) in [5, 5.41) is 5.21. The van der Waals surface area contributed by atoms with E-state index in [1.54, 1.807) is 25.1 Å². The number of allylic oxidation sites excluding steroid dienone is 1. The lowest BCUT2D eigenvalue weighted by molar-refractivity contribution is -0.136. The summed E-state index contributed by atoms with van der Waals surface area (Å²) < 4.78 is 15.3. The standard InChI is InChI=1S/C16H19N3O6/c1-8-13(15(21)24-3)14(19-16(22)18-8)9-4-5-10(11(6-9)23-2)25-7-12(17)20/h4-6,14H,7H2,1-3H3,(H2,17,20)(H2,18,19,22)/t14-/m0/s1. The summed E-state index contributed by atoms with van der Waals surface area (Å²) >= 11 is 0. The Hall–Kier alpha value is -3.23. The van der Waals surface area contributed by atoms with Crippen LogP contribution >= 0.6 is 0 Å². The number of carbonyl (C=O) groups excluding carboxylic acids is 3. The molecule has 1 heterocycles. The molecule has 0 radical (unpaired) electrons. The predicted octanol–water partition coefficient (Wildman–Crippen LogP) is 0.360. The Kier molecular flexibility index (Phi) is 5.48. The van der Waals surface area contributed by atoms with Crippen LogP contribution in [0.25, 0.3) is 0 Å². The van der Waals surface area contributed by atoms with Crippen LogP contribution in [-0.2, 0) is 14.3 Å². The largest absolute Gasteiger partial charge is 0.493 e. The van der Waals surface area contributed by atoms with Gasteiger partial charge in [0, 0.05) is 5.70 Å². The summed E-state index contributed by atoms with van der Waals surface area (Å²) in [6.07, 6.45) is 0. The van der Waals surface area contributed by atoms with Crippen LogP contribution in [-0.4, -0.2) is 38.7 Å². The topological polar surface area (TPSA) is 129 Å². The molecule has 0 bridgehead atoms. The molecule has 25 heavy (non-hydrogen) atoms. The monoisotopic (exact) mass is 349 g/mol. The number of nitrogens with one attached hydrogen (secondary N) is 2. The highest BCUT2D eigenvalue weighted by atomic mass is 16.5. The zero-order valence-corrected chi connectivity index (χ0v) is 14.0. The minimum atomic E-state index is -0.722. The van der Waals surface area contributed by atoms with E-state index in [-0.39, 0.29) is 12.2 Å². The molecule has 0 aliphatic carbocycles. The van der Waals surface area contributed by atoms with E-state index >= 15 is 0 Å². The summed E-state index contributed by atoms with van der Waals surface area (Å²) in [7, 11) is 2.69. The number of urea groups is 1. The van der Waals surface area contributed by atoms with Crippen molar-refractivity contribution in [3.63, 3.8) is 0 Å². The first-order valence-electron chi connectivity index (χ1n) is 7.33. The van der Waals surface area contributed by atoms with Crippen LogP contribution < -0.4 is 25.8 Å². The number of amides is 3. The van der Waals surface area contributed by atoms with Crippen molar-refractivity contribution in [3.05, 3.63) is 35.0 Å². The second-order valence-corrected chi connectivity index (χ2v) is 5.23. The molecule has 9 nitrogen and oxygen atoms in total. The normalized spacial score (nSPS) is 16.6. The van der Waals surface area contributed by atoms with Crippen LogP contribution in [0.5, 0.6) is 11.5 Å². The zero-order valence-electron chi connectivity index (χ0n) is 14.0. The number of nitrogens with two attached hydrogens (primary N) is 1. The van der Waals surface area contributed by atoms with Crippen LogP contribution in [0, 0.1) is 0 Å². The number of benzene rings is 1. The number of esters is 1. The third-order valence-corrected chi connectivity index (χ3v) is 3.57. The van der Waals surface area contributed by atoms with E-state index in [0.717, 1.165) is 0 Å². The molecule has 0 unspecified atom stereocenters. The van der Waals surface area contributed by atoms with Gasteiger partial charge in [-0.3, -0.25) is 4.79 Å². The fourth-order valence-electron chi connectivity index (χ4n) is 2.46. The molecule has 0 saturated heterocycles. The first-order chi connectivity index (χ1) is 11.9. The Labute approximate surface area is 144 Å². The Morgan fingerprint density at radius 1 is 1.24 bits per heavy atom. The van der Waals surface area contributed by atoms with Gasteiger partial charge in [0.25, 0.3) is 5.91 Å². The third kappa shape index (κ3) is 4.00. The van der Waals surface area contributed by atoms with Crippen molar-refractivity contribution in [2.24, 2.45) is 5.73 Å². The second kappa shape index (κ2) is 7.56. The molecule has 0 aromatic heterocycles. The lowest BCUT2D eigenvalue weighted by atomic mass is 9.95. The van der Waals surface area contributed by atoms with Gasteiger partial charge in [0.05, 0.1) is 25.8 Å². The fourth-order valence-corrected chi connectivity index (χ4v) is 2.46. The smallest absolute Gasteiger partial charge is 0.337 e. The molecule has 2 rings (SSSR count). The van der Waals surface area contributed by atoms with Crippen LogP contribution in [0.3, 0.4) is 0 Å². The number of methoxy groups -OCH3 is 2. The molecule has 3 amide bonds. The molecule has 0 spiro atoms. The van der Waals surface area contributed by atoms with Crippen LogP contribution in [0.1, 0.15) is 18.5 Å². The molecule has 9 heteroatoms. The highest BCUT2D eigenvalue weighted by molar-refractivity contribution is 5.95. The Morgan fingerprint density at radius 3 is 2.56 bits per heavy atom. The average molecular weight is 349 g/mol. The maximum Gasteiger partial charge on any atom is 0.337 e. The molecule has 0 fully saturated rings. The number of hydrogen-bond donors (Lipinski definition) is 3. The maximum absolute atomic E-state index is 12.1. The molecule has 1 aromatic rings. The van der Waals surface area contributed by atoms with Gasteiger partial charge in [-0.2, -0.15) is 0 Å². The molecule has 4 N–H and O–H groups in total. The van der Waals surface area contributed by atoms with Crippen molar-refractivity contribution in [1.82, 2.24) is 10.6 Å². The molecule has 134 valence electrons. The van der Waals surface area contributed by atoms with Gasteiger partial charge in [-0.15, -0.1) is 0 Å². The van der Waals surface area contributed by atoms with E-state index in [2.05, 4.69) is 10.6 Å². The molecule has 1 aliphatic rings. The summed E-state index contributed by atoms with van der Waals surface area (Å²) in [4.78, 5) is 34.7. The van der Waals surface area contributed by atoms with Gasteiger partial charge < -0.3 is 30.6 Å². The van der Waals surface area contributed by atoms with Crippen LogP contribution in [0.15, 0.2) is 29.5 Å². The first kappa shape index (κ1) is 18.1. The SMILES string of the molecule is COC(=O)C1=C(C)NC(=O)N[C@H]1c1ccc(OCC(N)=O)c(OC)c1. The zero-order chi connectivity index (χ0) is 18.6. The second-order valence-electron chi connectivity index (χ2n) is 5.23. The summed E-state index contributed by atoms with van der Waals surface area (Å²) in [6, 6.07) is 3.65. The summed E-state index contributed by atoms with van der Waals surface area (Å²) in [5.74, 6) is -0.551. The molecular formula is C16H19N3O6. The van der Waals surface area contributed by atoms with E-state index in [4.69, 9.17) is 19.9 Å². The van der Waals surface area contributed by atoms with E-state index in [1.807, 2.05) is 0 Å². The summed E-state index contributed by atoms with van der Waals surface area (Å²) in [5.41, 5.74) is 6.31. The van der Waals surface area contributed by atoms with Gasteiger partial charge in [0.2, 0.25) is 0 Å². The van der Waals surface area contributed by atoms with Crippen LogP contribution in [0.2, 0.25) is 0 Å². The van der Waals surface area contributed by atoms with Gasteiger partial charge in [0.1, 0.15) is 0 Å². The van der Waals surface area contributed by atoms with E-state index in [1.165, 1.54) is 14.2 Å². The molecule has 0 saturated carbocycles. The minimum absolute atomic E-state index is 0.273. The number of primary amides is 1. The van der Waals surface area contributed by atoms with Crippen molar-refractivity contribution in [2.75, 3.05) is 20.8 Å². The van der Waals surface area contributed by atoms with Gasteiger partial charge in [0.15, 0.2) is 18.1 Å². The first-order valence-corrected chi connectivity index (χ1v) is 7.33. The molecule has 1 aromatic carbocycles. The summed E-state index contributed by atoms with van der Waals surface area (Å²) in [6.45, 7) is 1.31. The Morgan fingerprint density at radius 2 is 1.96 bits per heavy atom. The number of carbonyl (C=O) groups is 3. The van der Waals surface area contributed by atoms with E-state index < -0.39 is 23.9 Å². The molecular weight excluding hydrogens is 330 g/mol. The van der Waals surface area contributed by atoms with Crippen molar-refractivity contribution in [1.29, 1.82) is 0 Å². The van der Waals surface area contributed by atoms with Crippen LogP contribution in [0.4, 0.5) is 4.79 Å². The van der Waals surface area contributed by atoms with Gasteiger partial charge in [-0.05, 0) is 24.6 Å². The van der Waals surface area contributed by atoms with Crippen molar-refractivity contribution in [3.8, 4) is 11.5 Å². The maximum atomic E-state index is 12.1. The minimum Gasteiger partial charge on any atom is -0.493 e. The number of hydrogen-bond acceptors (Lipinski definition) is 6. The lowest BCUT2D eigenvalue weighted by Crippen LogP contribution is -2.45. The van der Waals surface area contributed by atoms with Gasteiger partial charge >= 0.3 is 12.0 Å². The highest BCUT2D eigenvalue weighted by Crippen LogP contribution is 2.34. The van der Waals surface area contributed by atoms with Crippen molar-refractivity contribution in [2.45, 2.75) is 13.0 Å². The quantitative estimate of drug-likeness (QED) is 0.636. The predicted molar refractivity (Wildman–Crippen MR) is 86.8 cm³/mol. The Bertz CT molecular complexity index is 743. The Balaban J connectivity index is 2.41. The lowest BCUT2D eigenvalue weighted by Gasteiger charge is -2.28. The van der Waals surface area contributed by atoms with Gasteiger partial charge in [-0.1, -0.05) is 6.07 Å². The molecule has 1 aliphatic heterocycles. The number of rotatable bonds is 6. The molecule has 1 atom stereocenters. The van der Waals surface area contributed by atoms with Crippen molar-refractivity contribution < 1.29 is 28.6 Å². The average Bonchev–Trinajstić information content (AvgIpc) is 2.58. The number of ether oxygens (including phenoxy) is 3. The van der Waals surface area contributed by atoms with Crippen molar-refractivity contribution >= 4 is 17.9 Å². The van der Waals surface area contributed by atoms with E-state index in [9.17, 15) is 14.4 Å². The highest BCUT2D eigenvalue weighted by Gasteiger charge is 2.32. The van der Waals surface area contributed by atoms with E-state index in [0.29, 0.717) is 22.8 Å². The van der Waals surface area contributed by atoms with Gasteiger partial charge in [-0.25, -0.2) is 9.59 Å². The third-order valence-electron chi connectivity index (χ3n) is 3.57. The fraction of sp³-hybridized carbons (Fsp3) is 0.312.